The van der Waals surface area contributed by atoms with E-state index in [1.54, 1.807) is 6.07 Å². The summed E-state index contributed by atoms with van der Waals surface area (Å²) in [6.45, 7) is -2.15. The van der Waals surface area contributed by atoms with E-state index in [4.69, 9.17) is 4.42 Å². The molecule has 0 saturated heterocycles. The molecule has 0 aliphatic carbocycles. The highest BCUT2D eigenvalue weighted by molar-refractivity contribution is 5.76. The van der Waals surface area contributed by atoms with E-state index in [2.05, 4.69) is 4.98 Å². The van der Waals surface area contributed by atoms with Gasteiger partial charge in [0.2, 0.25) is 5.91 Å². The Balaban J connectivity index is 1.72. The summed E-state index contributed by atoms with van der Waals surface area (Å²) in [6.07, 6.45) is -3.94. The molecule has 0 spiro atoms. The van der Waals surface area contributed by atoms with Gasteiger partial charge in [-0.25, -0.2) is 9.37 Å². The van der Waals surface area contributed by atoms with Crippen molar-refractivity contribution in [1.82, 2.24) is 9.88 Å². The maximum Gasteiger partial charge on any atom is 0.406 e. The molecule has 3 rings (SSSR count). The Bertz CT molecular complexity index is 1110. The van der Waals surface area contributed by atoms with Crippen molar-refractivity contribution in [3.63, 3.8) is 0 Å². The van der Waals surface area contributed by atoms with Crippen LogP contribution in [0.5, 0.6) is 0 Å². The van der Waals surface area contributed by atoms with Crippen molar-refractivity contribution >= 4 is 11.6 Å². The Morgan fingerprint density at radius 3 is 2.50 bits per heavy atom. The number of rotatable bonds is 8. The molecule has 0 saturated carbocycles. The maximum atomic E-state index is 13.9. The van der Waals surface area contributed by atoms with Gasteiger partial charge in [-0.05, 0) is 12.1 Å². The third-order valence-corrected chi connectivity index (χ3v) is 4.52. The van der Waals surface area contributed by atoms with Crippen molar-refractivity contribution in [3.8, 4) is 11.3 Å². The fourth-order valence-corrected chi connectivity index (χ4v) is 3.06. The molecule has 0 unspecified atom stereocenters. The summed E-state index contributed by atoms with van der Waals surface area (Å²) >= 11 is 0. The summed E-state index contributed by atoms with van der Waals surface area (Å²) in [5.74, 6) is -1.25. The molecule has 0 aliphatic rings. The van der Waals surface area contributed by atoms with Gasteiger partial charge in [0.15, 0.2) is 11.7 Å². The number of aromatic nitrogens is 1. The number of carbonyl (C=O) groups is 1. The molecule has 0 bridgehead atoms. The zero-order valence-corrected chi connectivity index (χ0v) is 16.5. The van der Waals surface area contributed by atoms with Crippen molar-refractivity contribution in [1.29, 1.82) is 0 Å². The summed E-state index contributed by atoms with van der Waals surface area (Å²) in [4.78, 5) is 27.4. The smallest absolute Gasteiger partial charge is 0.406 e. The number of nitro groups is 1. The van der Waals surface area contributed by atoms with Crippen LogP contribution in [0.25, 0.3) is 11.3 Å². The third kappa shape index (κ3) is 5.90. The highest BCUT2D eigenvalue weighted by atomic mass is 19.4. The molecular weight excluding hydrogens is 434 g/mol. The van der Waals surface area contributed by atoms with Crippen LogP contribution in [0.2, 0.25) is 0 Å². The van der Waals surface area contributed by atoms with Crippen LogP contribution in [-0.4, -0.2) is 33.4 Å². The first kappa shape index (κ1) is 22.9. The Morgan fingerprint density at radius 1 is 1.12 bits per heavy atom. The standard InChI is InChI=1S/C21H17F4N3O4/c22-16-7-3-2-6-15(16)18-11-26-19(32-18)9-10-20(29)27(13-21(23,24)25)12-14-5-1-4-8-17(14)28(30)31/h1-8,11H,9-10,12-13H2. The number of halogens is 4. The van der Waals surface area contributed by atoms with E-state index in [1.165, 1.54) is 42.6 Å². The largest absolute Gasteiger partial charge is 0.441 e. The predicted molar refractivity (Wildman–Crippen MR) is 105 cm³/mol. The molecule has 0 radical (unpaired) electrons. The van der Waals surface area contributed by atoms with E-state index in [9.17, 15) is 32.5 Å². The van der Waals surface area contributed by atoms with E-state index < -0.39 is 35.9 Å². The van der Waals surface area contributed by atoms with Crippen molar-refractivity contribution in [2.75, 3.05) is 6.54 Å². The monoisotopic (exact) mass is 451 g/mol. The lowest BCUT2D eigenvalue weighted by atomic mass is 10.1. The van der Waals surface area contributed by atoms with Crippen molar-refractivity contribution in [3.05, 3.63) is 82.1 Å². The minimum atomic E-state index is -4.69. The van der Waals surface area contributed by atoms with Crippen molar-refractivity contribution in [2.45, 2.75) is 25.6 Å². The minimum absolute atomic E-state index is 0.0203. The SMILES string of the molecule is O=C(CCc1ncc(-c2ccccc2F)o1)N(Cc1ccccc1[N+](=O)[O-])CC(F)(F)F. The third-order valence-electron chi connectivity index (χ3n) is 4.52. The number of benzene rings is 2. The number of carbonyl (C=O) groups excluding carboxylic acids is 1. The van der Waals surface area contributed by atoms with Gasteiger partial charge < -0.3 is 9.32 Å². The Hall–Kier alpha value is -3.76. The molecule has 7 nitrogen and oxygen atoms in total. The first-order valence-corrected chi connectivity index (χ1v) is 9.40. The average molecular weight is 451 g/mol. The molecule has 0 fully saturated rings. The summed E-state index contributed by atoms with van der Waals surface area (Å²) in [7, 11) is 0. The lowest BCUT2D eigenvalue weighted by Gasteiger charge is -2.24. The molecule has 0 N–H and O–H groups in total. The zero-order valence-electron chi connectivity index (χ0n) is 16.5. The number of aryl methyl sites for hydroxylation is 1. The number of amides is 1. The summed E-state index contributed by atoms with van der Waals surface area (Å²) < 4.78 is 58.4. The van der Waals surface area contributed by atoms with Crippen LogP contribution in [0.1, 0.15) is 17.9 Å². The molecule has 1 aromatic heterocycles. The highest BCUT2D eigenvalue weighted by Crippen LogP contribution is 2.25. The normalized spacial score (nSPS) is 11.4. The second kappa shape index (κ2) is 9.58. The first-order valence-electron chi connectivity index (χ1n) is 9.40. The second-order valence-corrected chi connectivity index (χ2v) is 6.85. The lowest BCUT2D eigenvalue weighted by molar-refractivity contribution is -0.385. The van der Waals surface area contributed by atoms with Crippen LogP contribution < -0.4 is 0 Å². The van der Waals surface area contributed by atoms with Gasteiger partial charge >= 0.3 is 6.18 Å². The maximum absolute atomic E-state index is 13.9. The van der Waals surface area contributed by atoms with Gasteiger partial charge in [0.25, 0.3) is 5.69 Å². The van der Waals surface area contributed by atoms with Gasteiger partial charge in [-0.2, -0.15) is 13.2 Å². The van der Waals surface area contributed by atoms with Gasteiger partial charge in [-0.15, -0.1) is 0 Å². The number of alkyl halides is 3. The molecule has 168 valence electrons. The number of oxazole rings is 1. The highest BCUT2D eigenvalue weighted by Gasteiger charge is 2.34. The van der Waals surface area contributed by atoms with Crippen molar-refractivity contribution < 1.29 is 31.7 Å². The van der Waals surface area contributed by atoms with E-state index in [0.29, 0.717) is 4.90 Å². The zero-order chi connectivity index (χ0) is 23.3. The van der Waals surface area contributed by atoms with Crippen LogP contribution in [-0.2, 0) is 17.8 Å². The first-order chi connectivity index (χ1) is 15.1. The summed E-state index contributed by atoms with van der Waals surface area (Å²) in [6, 6.07) is 11.1. The summed E-state index contributed by atoms with van der Waals surface area (Å²) in [5, 5.41) is 11.1. The second-order valence-electron chi connectivity index (χ2n) is 6.85. The number of nitro benzene ring substituents is 1. The van der Waals surface area contributed by atoms with Gasteiger partial charge in [0, 0.05) is 24.5 Å². The van der Waals surface area contributed by atoms with E-state index >= 15 is 0 Å². The van der Waals surface area contributed by atoms with Crippen LogP contribution in [0, 0.1) is 15.9 Å². The predicted octanol–water partition coefficient (Wildman–Crippen LogP) is 4.91. The Morgan fingerprint density at radius 2 is 1.81 bits per heavy atom. The van der Waals surface area contributed by atoms with Crippen LogP contribution in [0.4, 0.5) is 23.2 Å². The summed E-state index contributed by atoms with van der Waals surface area (Å²) in [5.41, 5.74) is -0.240. The molecule has 11 heteroatoms. The van der Waals surface area contributed by atoms with Gasteiger partial charge in [-0.1, -0.05) is 30.3 Å². The Labute approximate surface area is 179 Å². The van der Waals surface area contributed by atoms with Gasteiger partial charge in [-0.3, -0.25) is 14.9 Å². The topological polar surface area (TPSA) is 89.5 Å². The molecule has 2 aromatic carbocycles. The van der Waals surface area contributed by atoms with Crippen LogP contribution in [0.3, 0.4) is 0 Å². The quantitative estimate of drug-likeness (QED) is 0.276. The average Bonchev–Trinajstić information content (AvgIpc) is 3.20. The molecule has 32 heavy (non-hydrogen) atoms. The molecule has 1 heterocycles. The van der Waals surface area contributed by atoms with E-state index in [0.717, 1.165) is 6.07 Å². The fourth-order valence-electron chi connectivity index (χ4n) is 3.06. The van der Waals surface area contributed by atoms with Crippen molar-refractivity contribution in [2.24, 2.45) is 0 Å². The minimum Gasteiger partial charge on any atom is -0.441 e. The lowest BCUT2D eigenvalue weighted by Crippen LogP contribution is -2.38. The number of hydrogen-bond acceptors (Lipinski definition) is 5. The van der Waals surface area contributed by atoms with Crippen LogP contribution in [0.15, 0.2) is 59.1 Å². The molecular formula is C21H17F4N3O4. The van der Waals surface area contributed by atoms with Gasteiger partial charge in [0.05, 0.1) is 23.2 Å². The van der Waals surface area contributed by atoms with Crippen LogP contribution >= 0.6 is 0 Å². The molecule has 3 aromatic rings. The number of para-hydroxylation sites is 1. The van der Waals surface area contributed by atoms with E-state index in [1.807, 2.05) is 0 Å². The number of hydrogen-bond donors (Lipinski definition) is 0. The number of nitrogens with zero attached hydrogens (tertiary/aromatic N) is 3. The van der Waals surface area contributed by atoms with Gasteiger partial charge in [0.1, 0.15) is 12.4 Å². The molecule has 0 aliphatic heterocycles. The molecule has 1 amide bonds. The van der Waals surface area contributed by atoms with E-state index in [-0.39, 0.29) is 41.3 Å². The fraction of sp³-hybridized carbons (Fsp3) is 0.238. The molecule has 0 atom stereocenters. The Kier molecular flexibility index (Phi) is 6.86.